The molecule has 2 N–H and O–H groups in total. The molecule has 0 amide bonds. The number of fused-ring (bicyclic) bond motifs is 1. The van der Waals surface area contributed by atoms with Gasteiger partial charge in [0.2, 0.25) is 0 Å². The Morgan fingerprint density at radius 1 is 1.28 bits per heavy atom. The SMILES string of the molecule is Nc1cc(Cl)c(-c2ccc3cncn3c2)cc1F. The monoisotopic (exact) mass is 261 g/mol. The van der Waals surface area contributed by atoms with Crippen LogP contribution in [0.25, 0.3) is 16.6 Å². The highest BCUT2D eigenvalue weighted by molar-refractivity contribution is 6.33. The molecule has 0 saturated carbocycles. The molecule has 2 aromatic heterocycles. The standard InChI is InChI=1S/C13H9ClFN3/c14-11-4-13(16)12(15)3-10(11)8-1-2-9-5-17-7-18(9)6-8/h1-7H,16H2. The van der Waals surface area contributed by atoms with Gasteiger partial charge in [0, 0.05) is 11.8 Å². The molecule has 0 radical (unpaired) electrons. The lowest BCUT2D eigenvalue weighted by Gasteiger charge is -2.07. The molecule has 3 rings (SSSR count). The van der Waals surface area contributed by atoms with E-state index in [1.807, 2.05) is 22.7 Å². The molecule has 2 heterocycles. The third-order valence-electron chi connectivity index (χ3n) is 2.81. The number of nitrogen functional groups attached to an aromatic ring is 1. The van der Waals surface area contributed by atoms with Gasteiger partial charge in [0.25, 0.3) is 0 Å². The number of aromatic nitrogens is 2. The van der Waals surface area contributed by atoms with E-state index in [1.165, 1.54) is 12.1 Å². The number of benzene rings is 1. The zero-order valence-electron chi connectivity index (χ0n) is 9.27. The van der Waals surface area contributed by atoms with Gasteiger partial charge in [0.1, 0.15) is 5.82 Å². The lowest BCUT2D eigenvalue weighted by molar-refractivity contribution is 0.633. The fourth-order valence-electron chi connectivity index (χ4n) is 1.86. The summed E-state index contributed by atoms with van der Waals surface area (Å²) < 4.78 is 15.3. The lowest BCUT2D eigenvalue weighted by Crippen LogP contribution is -1.93. The van der Waals surface area contributed by atoms with Gasteiger partial charge >= 0.3 is 0 Å². The van der Waals surface area contributed by atoms with E-state index < -0.39 is 5.82 Å². The first kappa shape index (κ1) is 11.0. The van der Waals surface area contributed by atoms with Gasteiger partial charge in [-0.1, -0.05) is 17.7 Å². The minimum Gasteiger partial charge on any atom is -0.396 e. The number of anilines is 1. The zero-order valence-corrected chi connectivity index (χ0v) is 10.0. The summed E-state index contributed by atoms with van der Waals surface area (Å²) in [5, 5.41) is 0.424. The molecule has 90 valence electrons. The van der Waals surface area contributed by atoms with E-state index in [-0.39, 0.29) is 5.69 Å². The van der Waals surface area contributed by atoms with Gasteiger partial charge in [-0.25, -0.2) is 9.37 Å². The highest BCUT2D eigenvalue weighted by Gasteiger charge is 2.09. The van der Waals surface area contributed by atoms with Crippen molar-refractivity contribution in [3.8, 4) is 11.1 Å². The molecule has 0 unspecified atom stereocenters. The van der Waals surface area contributed by atoms with Crippen molar-refractivity contribution in [2.24, 2.45) is 0 Å². The van der Waals surface area contributed by atoms with Crippen molar-refractivity contribution in [3.63, 3.8) is 0 Å². The summed E-state index contributed by atoms with van der Waals surface area (Å²) in [4.78, 5) is 4.03. The van der Waals surface area contributed by atoms with Crippen LogP contribution < -0.4 is 5.73 Å². The number of nitrogens with two attached hydrogens (primary N) is 1. The Labute approximate surface area is 108 Å². The minimum absolute atomic E-state index is 0.0486. The number of nitrogens with zero attached hydrogens (tertiary/aromatic N) is 2. The number of hydrogen-bond acceptors (Lipinski definition) is 2. The van der Waals surface area contributed by atoms with Crippen LogP contribution in [0, 0.1) is 5.82 Å². The second-order valence-electron chi connectivity index (χ2n) is 4.00. The van der Waals surface area contributed by atoms with Crippen molar-refractivity contribution in [2.45, 2.75) is 0 Å². The molecular formula is C13H9ClFN3. The van der Waals surface area contributed by atoms with Crippen LogP contribution in [-0.4, -0.2) is 9.38 Å². The normalized spacial score (nSPS) is 11.0. The number of halogens is 2. The molecule has 0 saturated heterocycles. The predicted octanol–water partition coefficient (Wildman–Crippen LogP) is 3.38. The molecule has 0 atom stereocenters. The summed E-state index contributed by atoms with van der Waals surface area (Å²) in [6.45, 7) is 0. The Hall–Kier alpha value is -2.07. The Morgan fingerprint density at radius 3 is 2.94 bits per heavy atom. The fourth-order valence-corrected chi connectivity index (χ4v) is 2.14. The molecule has 0 aliphatic carbocycles. The second kappa shape index (κ2) is 3.99. The maximum absolute atomic E-state index is 13.5. The first-order valence-electron chi connectivity index (χ1n) is 5.32. The number of pyridine rings is 1. The van der Waals surface area contributed by atoms with E-state index in [9.17, 15) is 4.39 Å². The van der Waals surface area contributed by atoms with Crippen LogP contribution in [0.2, 0.25) is 5.02 Å². The molecule has 0 aliphatic heterocycles. The highest BCUT2D eigenvalue weighted by atomic mass is 35.5. The smallest absolute Gasteiger partial charge is 0.146 e. The van der Waals surface area contributed by atoms with E-state index in [0.29, 0.717) is 10.6 Å². The van der Waals surface area contributed by atoms with E-state index >= 15 is 0 Å². The van der Waals surface area contributed by atoms with Crippen LogP contribution in [0.4, 0.5) is 10.1 Å². The molecule has 0 bridgehead atoms. The van der Waals surface area contributed by atoms with Gasteiger partial charge in [-0.05, 0) is 23.8 Å². The summed E-state index contributed by atoms with van der Waals surface area (Å²) in [5.41, 5.74) is 7.90. The third kappa shape index (κ3) is 1.71. The summed E-state index contributed by atoms with van der Waals surface area (Å²) in [6, 6.07) is 6.53. The van der Waals surface area contributed by atoms with Crippen molar-refractivity contribution in [2.75, 3.05) is 5.73 Å². The van der Waals surface area contributed by atoms with Crippen LogP contribution in [0.5, 0.6) is 0 Å². The third-order valence-corrected chi connectivity index (χ3v) is 3.12. The first-order valence-corrected chi connectivity index (χ1v) is 5.69. The summed E-state index contributed by atoms with van der Waals surface area (Å²) in [5.74, 6) is -0.472. The number of imidazole rings is 1. The molecule has 0 aliphatic rings. The van der Waals surface area contributed by atoms with Crippen molar-refractivity contribution < 1.29 is 4.39 Å². The average molecular weight is 262 g/mol. The quantitative estimate of drug-likeness (QED) is 0.683. The van der Waals surface area contributed by atoms with Crippen molar-refractivity contribution >= 4 is 22.8 Å². The largest absolute Gasteiger partial charge is 0.396 e. The van der Waals surface area contributed by atoms with Crippen LogP contribution in [-0.2, 0) is 0 Å². The Bertz CT molecular complexity index is 736. The average Bonchev–Trinajstić information content (AvgIpc) is 2.80. The van der Waals surface area contributed by atoms with Crippen molar-refractivity contribution in [1.29, 1.82) is 0 Å². The van der Waals surface area contributed by atoms with Gasteiger partial charge < -0.3 is 10.1 Å². The minimum atomic E-state index is -0.472. The Kier molecular flexibility index (Phi) is 2.45. The van der Waals surface area contributed by atoms with Gasteiger partial charge in [-0.15, -0.1) is 0 Å². The first-order chi connectivity index (χ1) is 8.65. The van der Waals surface area contributed by atoms with Gasteiger partial charge in [0.15, 0.2) is 0 Å². The zero-order chi connectivity index (χ0) is 12.7. The van der Waals surface area contributed by atoms with Crippen LogP contribution in [0.3, 0.4) is 0 Å². The molecule has 1 aromatic carbocycles. The molecule has 18 heavy (non-hydrogen) atoms. The Morgan fingerprint density at radius 2 is 2.11 bits per heavy atom. The van der Waals surface area contributed by atoms with Crippen molar-refractivity contribution in [3.05, 3.63) is 53.8 Å². The summed E-state index contributed by atoms with van der Waals surface area (Å²) in [7, 11) is 0. The molecule has 3 nitrogen and oxygen atoms in total. The molecule has 5 heteroatoms. The maximum atomic E-state index is 13.5. The van der Waals surface area contributed by atoms with E-state index in [4.69, 9.17) is 17.3 Å². The van der Waals surface area contributed by atoms with Crippen LogP contribution in [0.15, 0.2) is 43.0 Å². The number of rotatable bonds is 1. The van der Waals surface area contributed by atoms with Crippen LogP contribution >= 0.6 is 11.6 Å². The second-order valence-corrected chi connectivity index (χ2v) is 4.40. The number of hydrogen-bond donors (Lipinski definition) is 1. The fraction of sp³-hybridized carbons (Fsp3) is 0. The van der Waals surface area contributed by atoms with E-state index in [2.05, 4.69) is 4.98 Å². The topological polar surface area (TPSA) is 43.3 Å². The lowest BCUT2D eigenvalue weighted by atomic mass is 10.1. The van der Waals surface area contributed by atoms with E-state index in [1.54, 1.807) is 12.5 Å². The molecular weight excluding hydrogens is 253 g/mol. The highest BCUT2D eigenvalue weighted by Crippen LogP contribution is 2.31. The Balaban J connectivity index is 2.21. The molecule has 3 aromatic rings. The predicted molar refractivity (Wildman–Crippen MR) is 70.0 cm³/mol. The van der Waals surface area contributed by atoms with Crippen molar-refractivity contribution in [1.82, 2.24) is 9.38 Å². The summed E-state index contributed by atoms with van der Waals surface area (Å²) >= 11 is 6.09. The van der Waals surface area contributed by atoms with E-state index in [0.717, 1.165) is 11.1 Å². The maximum Gasteiger partial charge on any atom is 0.146 e. The summed E-state index contributed by atoms with van der Waals surface area (Å²) in [6.07, 6.45) is 5.27. The molecule has 0 spiro atoms. The van der Waals surface area contributed by atoms with Gasteiger partial charge in [0.05, 0.1) is 28.8 Å². The van der Waals surface area contributed by atoms with Gasteiger partial charge in [-0.3, -0.25) is 0 Å². The van der Waals surface area contributed by atoms with Crippen LogP contribution in [0.1, 0.15) is 0 Å². The van der Waals surface area contributed by atoms with Gasteiger partial charge in [-0.2, -0.15) is 0 Å². The molecule has 0 fully saturated rings.